The molecule has 0 spiro atoms. The second kappa shape index (κ2) is 4.61. The van der Waals surface area contributed by atoms with E-state index in [0.717, 1.165) is 6.07 Å². The van der Waals surface area contributed by atoms with Crippen LogP contribution in [-0.4, -0.2) is 5.75 Å². The van der Waals surface area contributed by atoms with Gasteiger partial charge in [0.25, 0.3) is 0 Å². The first kappa shape index (κ1) is 12.0. The number of nitrogen functional groups attached to an aromatic ring is 1. The highest BCUT2D eigenvalue weighted by atomic mass is 32.1. The topological polar surface area (TPSA) is 26.0 Å². The molecule has 0 heterocycles. The average Bonchev–Trinajstić information content (AvgIpc) is 2.12. The van der Waals surface area contributed by atoms with Crippen LogP contribution < -0.4 is 5.73 Å². The summed E-state index contributed by atoms with van der Waals surface area (Å²) in [6.45, 7) is 0. The monoisotopic (exact) mass is 233 g/mol. The molecule has 0 saturated heterocycles. The Morgan fingerprint density at radius 2 is 2.00 bits per heavy atom. The number of hydrogen-bond acceptors (Lipinski definition) is 2. The van der Waals surface area contributed by atoms with Crippen molar-refractivity contribution in [1.82, 2.24) is 0 Å². The Kier molecular flexibility index (Phi) is 3.68. The molecule has 0 bridgehead atoms. The lowest BCUT2D eigenvalue weighted by atomic mass is 10.1. The van der Waals surface area contributed by atoms with Crippen molar-refractivity contribution >= 4 is 24.4 Å². The van der Waals surface area contributed by atoms with Crippen LogP contribution in [0.25, 0.3) is 6.08 Å². The Morgan fingerprint density at radius 1 is 1.33 bits per heavy atom. The zero-order chi connectivity index (χ0) is 11.5. The number of anilines is 1. The molecule has 1 aromatic carbocycles. The van der Waals surface area contributed by atoms with E-state index in [9.17, 15) is 13.2 Å². The van der Waals surface area contributed by atoms with Gasteiger partial charge in [-0.15, -0.1) is 0 Å². The maximum Gasteiger partial charge on any atom is 0.416 e. The quantitative estimate of drug-likeness (QED) is 0.595. The normalized spacial score (nSPS) is 12.3. The lowest BCUT2D eigenvalue weighted by molar-refractivity contribution is -0.137. The van der Waals surface area contributed by atoms with Gasteiger partial charge in [-0.05, 0) is 23.8 Å². The van der Waals surface area contributed by atoms with Gasteiger partial charge in [0.05, 0.1) is 5.56 Å². The summed E-state index contributed by atoms with van der Waals surface area (Å²) in [5, 5.41) is 0. The number of benzene rings is 1. The molecule has 0 aromatic heterocycles. The molecule has 0 saturated carbocycles. The van der Waals surface area contributed by atoms with Gasteiger partial charge >= 0.3 is 6.18 Å². The first-order valence-corrected chi connectivity index (χ1v) is 4.82. The number of halogens is 3. The van der Waals surface area contributed by atoms with Crippen molar-refractivity contribution in [2.24, 2.45) is 0 Å². The van der Waals surface area contributed by atoms with Crippen LogP contribution in [0.15, 0.2) is 24.3 Å². The van der Waals surface area contributed by atoms with E-state index in [1.54, 1.807) is 0 Å². The Balaban J connectivity index is 3.21. The average molecular weight is 233 g/mol. The highest BCUT2D eigenvalue weighted by Crippen LogP contribution is 2.33. The fourth-order valence-corrected chi connectivity index (χ4v) is 1.26. The second-order valence-electron chi connectivity index (χ2n) is 2.93. The van der Waals surface area contributed by atoms with Crippen molar-refractivity contribution in [2.75, 3.05) is 11.5 Å². The molecule has 0 aliphatic carbocycles. The number of nitrogens with two attached hydrogens (primary N) is 1. The van der Waals surface area contributed by atoms with Crippen LogP contribution in [0, 0.1) is 0 Å². The summed E-state index contributed by atoms with van der Waals surface area (Å²) in [5.74, 6) is 0.381. The molecule has 1 nitrogen and oxygen atoms in total. The Bertz CT molecular complexity index is 371. The first-order chi connectivity index (χ1) is 6.95. The molecule has 0 fully saturated rings. The van der Waals surface area contributed by atoms with E-state index >= 15 is 0 Å². The molecular weight excluding hydrogens is 223 g/mol. The Hall–Kier alpha value is -1.10. The van der Waals surface area contributed by atoms with Gasteiger partial charge in [0, 0.05) is 11.4 Å². The summed E-state index contributed by atoms with van der Waals surface area (Å²) in [4.78, 5) is 0. The Morgan fingerprint density at radius 3 is 2.53 bits per heavy atom. The molecule has 0 unspecified atom stereocenters. The van der Waals surface area contributed by atoms with Crippen LogP contribution in [0.1, 0.15) is 11.1 Å². The minimum absolute atomic E-state index is 0.0663. The predicted octanol–water partition coefficient (Wildman–Crippen LogP) is 3.23. The summed E-state index contributed by atoms with van der Waals surface area (Å²) < 4.78 is 37.5. The maximum atomic E-state index is 12.5. The molecule has 0 radical (unpaired) electrons. The molecule has 0 atom stereocenters. The molecule has 0 aliphatic rings. The zero-order valence-electron chi connectivity index (χ0n) is 7.75. The van der Waals surface area contributed by atoms with E-state index in [4.69, 9.17) is 5.73 Å². The highest BCUT2D eigenvalue weighted by molar-refractivity contribution is 7.80. The SMILES string of the molecule is Nc1ccc(C(F)(F)F)c(C=CCS)c1. The van der Waals surface area contributed by atoms with Crippen molar-refractivity contribution in [3.63, 3.8) is 0 Å². The Labute approximate surface area is 91.2 Å². The number of alkyl halides is 3. The van der Waals surface area contributed by atoms with Crippen molar-refractivity contribution in [3.8, 4) is 0 Å². The molecule has 5 heteroatoms. The van der Waals surface area contributed by atoms with Gasteiger partial charge < -0.3 is 5.73 Å². The first-order valence-electron chi connectivity index (χ1n) is 4.19. The fraction of sp³-hybridized carbons (Fsp3) is 0.200. The van der Waals surface area contributed by atoms with Crippen LogP contribution in [0.5, 0.6) is 0 Å². The zero-order valence-corrected chi connectivity index (χ0v) is 8.65. The van der Waals surface area contributed by atoms with Gasteiger partial charge in [-0.25, -0.2) is 0 Å². The van der Waals surface area contributed by atoms with Crippen LogP contribution in [0.3, 0.4) is 0 Å². The summed E-state index contributed by atoms with van der Waals surface area (Å²) in [6.07, 6.45) is -1.46. The van der Waals surface area contributed by atoms with Crippen molar-refractivity contribution in [3.05, 3.63) is 35.4 Å². The third-order valence-corrected chi connectivity index (χ3v) is 1.99. The van der Waals surface area contributed by atoms with Gasteiger partial charge in [-0.3, -0.25) is 0 Å². The second-order valence-corrected chi connectivity index (χ2v) is 3.29. The molecular formula is C10H10F3NS. The molecule has 1 aromatic rings. The van der Waals surface area contributed by atoms with Crippen LogP contribution >= 0.6 is 12.6 Å². The predicted molar refractivity (Wildman–Crippen MR) is 58.7 cm³/mol. The maximum absolute atomic E-state index is 12.5. The van der Waals surface area contributed by atoms with Gasteiger partial charge in [-0.2, -0.15) is 25.8 Å². The van der Waals surface area contributed by atoms with Crippen LogP contribution in [-0.2, 0) is 6.18 Å². The molecule has 15 heavy (non-hydrogen) atoms. The highest BCUT2D eigenvalue weighted by Gasteiger charge is 2.32. The largest absolute Gasteiger partial charge is 0.416 e. The van der Waals surface area contributed by atoms with Crippen LogP contribution in [0.4, 0.5) is 18.9 Å². The summed E-state index contributed by atoms with van der Waals surface area (Å²) in [7, 11) is 0. The van der Waals surface area contributed by atoms with E-state index in [-0.39, 0.29) is 5.56 Å². The molecule has 1 rings (SSSR count). The summed E-state index contributed by atoms with van der Waals surface area (Å²) in [6, 6.07) is 3.51. The minimum Gasteiger partial charge on any atom is -0.399 e. The van der Waals surface area contributed by atoms with Crippen molar-refractivity contribution < 1.29 is 13.2 Å². The van der Waals surface area contributed by atoms with Crippen LogP contribution in [0.2, 0.25) is 0 Å². The summed E-state index contributed by atoms with van der Waals surface area (Å²) in [5.41, 5.74) is 5.11. The van der Waals surface area contributed by atoms with E-state index in [0.29, 0.717) is 11.4 Å². The van der Waals surface area contributed by atoms with E-state index in [2.05, 4.69) is 12.6 Å². The number of hydrogen-bond donors (Lipinski definition) is 2. The smallest absolute Gasteiger partial charge is 0.399 e. The van der Waals surface area contributed by atoms with E-state index in [1.807, 2.05) is 0 Å². The van der Waals surface area contributed by atoms with E-state index in [1.165, 1.54) is 24.3 Å². The van der Waals surface area contributed by atoms with Gasteiger partial charge in [0.1, 0.15) is 0 Å². The molecule has 2 N–H and O–H groups in total. The van der Waals surface area contributed by atoms with Gasteiger partial charge in [-0.1, -0.05) is 12.2 Å². The number of thiol groups is 1. The third kappa shape index (κ3) is 3.20. The van der Waals surface area contributed by atoms with Gasteiger partial charge in [0.2, 0.25) is 0 Å². The minimum atomic E-state index is -4.36. The molecule has 0 aliphatic heterocycles. The molecule has 82 valence electrons. The summed E-state index contributed by atoms with van der Waals surface area (Å²) >= 11 is 3.88. The fourth-order valence-electron chi connectivity index (χ4n) is 1.16. The van der Waals surface area contributed by atoms with Crippen molar-refractivity contribution in [2.45, 2.75) is 6.18 Å². The lowest BCUT2D eigenvalue weighted by Crippen LogP contribution is -2.07. The van der Waals surface area contributed by atoms with Crippen molar-refractivity contribution in [1.29, 1.82) is 0 Å². The standard InChI is InChI=1S/C10H10F3NS/c11-10(12,13)9-4-3-8(14)6-7(9)2-1-5-15/h1-4,6,15H,5,14H2. The van der Waals surface area contributed by atoms with Gasteiger partial charge in [0.15, 0.2) is 0 Å². The van der Waals surface area contributed by atoms with E-state index < -0.39 is 11.7 Å². The number of rotatable bonds is 2. The third-order valence-electron chi connectivity index (χ3n) is 1.78. The lowest BCUT2D eigenvalue weighted by Gasteiger charge is -2.10. The molecule has 0 amide bonds.